The van der Waals surface area contributed by atoms with Crippen LogP contribution in [0.25, 0.3) is 0 Å². The maximum Gasteiger partial charge on any atom is 0.124 e. The Bertz CT molecular complexity index is 179. The molecule has 0 aliphatic rings. The Morgan fingerprint density at radius 3 is 3.00 bits per heavy atom. The Morgan fingerprint density at radius 1 is 1.78 bits per heavy atom. The summed E-state index contributed by atoms with van der Waals surface area (Å²) >= 11 is 0. The van der Waals surface area contributed by atoms with Crippen LogP contribution in [-0.2, 0) is 0 Å². The van der Waals surface area contributed by atoms with Crippen LogP contribution in [0.4, 0.5) is 0 Å². The van der Waals surface area contributed by atoms with Gasteiger partial charge < -0.3 is 10.2 Å². The third-order valence-electron chi connectivity index (χ3n) is 1.13. The van der Waals surface area contributed by atoms with Crippen molar-refractivity contribution in [1.82, 2.24) is 0 Å². The van der Waals surface area contributed by atoms with E-state index in [0.29, 0.717) is 0 Å². The van der Waals surface area contributed by atoms with Crippen LogP contribution in [0.5, 0.6) is 0 Å². The van der Waals surface area contributed by atoms with Gasteiger partial charge >= 0.3 is 0 Å². The zero-order chi connectivity index (χ0) is 6.69. The van der Waals surface area contributed by atoms with Crippen molar-refractivity contribution >= 4 is 0 Å². The molecule has 0 saturated heterocycles. The minimum atomic E-state index is -0.167. The van der Waals surface area contributed by atoms with Crippen LogP contribution in [0.3, 0.4) is 0 Å². The van der Waals surface area contributed by atoms with E-state index in [9.17, 15) is 0 Å². The lowest BCUT2D eigenvalue weighted by molar-refractivity contribution is 0.494. The van der Waals surface area contributed by atoms with Crippen LogP contribution in [0.2, 0.25) is 0 Å². The molecular weight excluding hydrogens is 114 g/mol. The molecule has 0 fully saturated rings. The highest BCUT2D eigenvalue weighted by atomic mass is 16.3. The third kappa shape index (κ3) is 1.21. The summed E-state index contributed by atoms with van der Waals surface area (Å²) in [6, 6.07) is 3.46. The van der Waals surface area contributed by atoms with E-state index < -0.39 is 0 Å². The van der Waals surface area contributed by atoms with Gasteiger partial charge in [0.2, 0.25) is 0 Å². The Hall–Kier alpha value is -1.02. The van der Waals surface area contributed by atoms with Crippen LogP contribution in [0.1, 0.15) is 11.8 Å². The lowest BCUT2D eigenvalue weighted by atomic mass is 10.2. The number of nitrogens with two attached hydrogens (primary N) is 1. The van der Waals surface area contributed by atoms with Crippen molar-refractivity contribution in [3.63, 3.8) is 0 Å². The predicted molar refractivity (Wildman–Crippen MR) is 35.8 cm³/mol. The van der Waals surface area contributed by atoms with Gasteiger partial charge in [0.15, 0.2) is 0 Å². The van der Waals surface area contributed by atoms with Gasteiger partial charge in [0.25, 0.3) is 0 Å². The van der Waals surface area contributed by atoms with E-state index in [0.717, 1.165) is 5.76 Å². The van der Waals surface area contributed by atoms with Gasteiger partial charge in [-0.2, -0.15) is 0 Å². The van der Waals surface area contributed by atoms with Crippen molar-refractivity contribution in [1.29, 1.82) is 0 Å². The van der Waals surface area contributed by atoms with Gasteiger partial charge in [-0.25, -0.2) is 0 Å². The van der Waals surface area contributed by atoms with Crippen LogP contribution in [0, 0.1) is 0 Å². The molecule has 0 aliphatic carbocycles. The van der Waals surface area contributed by atoms with E-state index in [1.165, 1.54) is 0 Å². The zero-order valence-electron chi connectivity index (χ0n) is 5.08. The molecule has 1 rings (SSSR count). The molecule has 0 aromatic carbocycles. The topological polar surface area (TPSA) is 39.2 Å². The van der Waals surface area contributed by atoms with E-state index in [-0.39, 0.29) is 6.04 Å². The third-order valence-corrected chi connectivity index (χ3v) is 1.13. The van der Waals surface area contributed by atoms with Gasteiger partial charge in [0, 0.05) is 0 Å². The molecule has 48 valence electrons. The minimum Gasteiger partial charge on any atom is -0.467 e. The molecule has 1 aromatic heterocycles. The van der Waals surface area contributed by atoms with Gasteiger partial charge in [-0.1, -0.05) is 6.08 Å². The fourth-order valence-corrected chi connectivity index (χ4v) is 0.597. The fourth-order valence-electron chi connectivity index (χ4n) is 0.597. The smallest absolute Gasteiger partial charge is 0.124 e. The molecule has 1 atom stereocenters. The van der Waals surface area contributed by atoms with Crippen molar-refractivity contribution in [2.75, 3.05) is 0 Å². The highest BCUT2D eigenvalue weighted by Gasteiger charge is 2.00. The fraction of sp³-hybridized carbons (Fsp3) is 0.143. The Kier molecular flexibility index (Phi) is 1.70. The normalized spacial score (nSPS) is 13.0. The first-order chi connectivity index (χ1) is 4.34. The molecule has 0 radical (unpaired) electrons. The Labute approximate surface area is 54.0 Å². The summed E-state index contributed by atoms with van der Waals surface area (Å²) in [5, 5.41) is 0. The molecule has 2 N–H and O–H groups in total. The molecule has 0 amide bonds. The van der Waals surface area contributed by atoms with Crippen molar-refractivity contribution < 1.29 is 4.42 Å². The van der Waals surface area contributed by atoms with Crippen molar-refractivity contribution in [2.45, 2.75) is 6.04 Å². The molecule has 0 saturated carbocycles. The second-order valence-electron chi connectivity index (χ2n) is 1.78. The van der Waals surface area contributed by atoms with Crippen LogP contribution < -0.4 is 5.73 Å². The highest BCUT2D eigenvalue weighted by molar-refractivity contribution is 5.08. The predicted octanol–water partition coefficient (Wildman–Crippen LogP) is 1.47. The molecule has 0 spiro atoms. The quantitative estimate of drug-likeness (QED) is 0.605. The molecule has 1 heterocycles. The second kappa shape index (κ2) is 2.51. The highest BCUT2D eigenvalue weighted by Crippen LogP contribution is 2.09. The number of furan rings is 1. The van der Waals surface area contributed by atoms with E-state index in [4.69, 9.17) is 10.2 Å². The van der Waals surface area contributed by atoms with Gasteiger partial charge in [0.1, 0.15) is 5.76 Å². The number of hydrogen-bond donors (Lipinski definition) is 1. The van der Waals surface area contributed by atoms with Crippen LogP contribution in [0.15, 0.2) is 35.5 Å². The standard InChI is InChI=1S/C7H9NO/c1-2-6(8)7-4-3-5-9-7/h2-6H,1,8H2/t6-/m0/s1. The summed E-state index contributed by atoms with van der Waals surface area (Å²) in [6.45, 7) is 3.53. The first-order valence-electron chi connectivity index (χ1n) is 2.76. The molecular formula is C7H9NO. The van der Waals surface area contributed by atoms with E-state index in [1.54, 1.807) is 18.4 Å². The summed E-state index contributed by atoms with van der Waals surface area (Å²) in [6.07, 6.45) is 3.23. The Morgan fingerprint density at radius 2 is 2.56 bits per heavy atom. The first kappa shape index (κ1) is 6.11. The first-order valence-corrected chi connectivity index (χ1v) is 2.76. The molecule has 0 bridgehead atoms. The van der Waals surface area contributed by atoms with Gasteiger partial charge in [-0.3, -0.25) is 0 Å². The molecule has 0 aliphatic heterocycles. The molecule has 2 nitrogen and oxygen atoms in total. The van der Waals surface area contributed by atoms with E-state index >= 15 is 0 Å². The lowest BCUT2D eigenvalue weighted by Gasteiger charge is -1.97. The minimum absolute atomic E-state index is 0.167. The monoisotopic (exact) mass is 123 g/mol. The van der Waals surface area contributed by atoms with Crippen molar-refractivity contribution in [3.8, 4) is 0 Å². The summed E-state index contributed by atoms with van der Waals surface area (Å²) in [5.41, 5.74) is 5.53. The average molecular weight is 123 g/mol. The van der Waals surface area contributed by atoms with E-state index in [2.05, 4.69) is 6.58 Å². The molecule has 1 aromatic rings. The molecule has 9 heavy (non-hydrogen) atoms. The summed E-state index contributed by atoms with van der Waals surface area (Å²) in [7, 11) is 0. The zero-order valence-corrected chi connectivity index (χ0v) is 5.08. The molecule has 2 heteroatoms. The lowest BCUT2D eigenvalue weighted by Crippen LogP contribution is -2.04. The van der Waals surface area contributed by atoms with Crippen LogP contribution >= 0.6 is 0 Å². The summed E-state index contributed by atoms with van der Waals surface area (Å²) in [4.78, 5) is 0. The maximum absolute atomic E-state index is 5.53. The average Bonchev–Trinajstić information content (AvgIpc) is 2.37. The van der Waals surface area contributed by atoms with Crippen molar-refractivity contribution in [2.24, 2.45) is 5.73 Å². The maximum atomic E-state index is 5.53. The summed E-state index contributed by atoms with van der Waals surface area (Å²) in [5.74, 6) is 0.755. The number of hydrogen-bond acceptors (Lipinski definition) is 2. The van der Waals surface area contributed by atoms with Gasteiger partial charge in [-0.15, -0.1) is 6.58 Å². The molecule has 0 unspecified atom stereocenters. The van der Waals surface area contributed by atoms with Crippen LogP contribution in [-0.4, -0.2) is 0 Å². The van der Waals surface area contributed by atoms with E-state index in [1.807, 2.05) is 6.07 Å². The van der Waals surface area contributed by atoms with Gasteiger partial charge in [0.05, 0.1) is 12.3 Å². The SMILES string of the molecule is C=C[C@H](N)c1ccco1. The largest absolute Gasteiger partial charge is 0.467 e. The number of rotatable bonds is 2. The van der Waals surface area contributed by atoms with Crippen molar-refractivity contribution in [3.05, 3.63) is 36.8 Å². The summed E-state index contributed by atoms with van der Waals surface area (Å²) < 4.78 is 4.99. The van der Waals surface area contributed by atoms with Gasteiger partial charge in [-0.05, 0) is 12.1 Å². The Balaban J connectivity index is 2.76. The second-order valence-corrected chi connectivity index (χ2v) is 1.78.